The van der Waals surface area contributed by atoms with E-state index in [1.165, 1.54) is 11.0 Å². The summed E-state index contributed by atoms with van der Waals surface area (Å²) >= 11 is 0. The minimum absolute atomic E-state index is 0.455. The largest absolute Gasteiger partial charge is 0.491 e. The van der Waals surface area contributed by atoms with Gasteiger partial charge in [0.15, 0.2) is 0 Å². The number of aromatic nitrogens is 3. The molecule has 0 aliphatic rings. The molecule has 7 heteroatoms. The summed E-state index contributed by atoms with van der Waals surface area (Å²) in [5, 5.41) is 14.2. The van der Waals surface area contributed by atoms with Crippen LogP contribution in [0.15, 0.2) is 24.5 Å². The minimum atomic E-state index is -0.661. The zero-order chi connectivity index (χ0) is 12.4. The maximum absolute atomic E-state index is 10.6. The number of aryl methyl sites for hydroxylation is 1. The van der Waals surface area contributed by atoms with Crippen LogP contribution in [0.25, 0.3) is 5.69 Å². The van der Waals surface area contributed by atoms with Crippen LogP contribution in [-0.4, -0.2) is 26.0 Å². The first kappa shape index (κ1) is 10.9. The Balaban J connectivity index is 2.45. The molecule has 2 aromatic rings. The van der Waals surface area contributed by atoms with Crippen molar-refractivity contribution in [1.29, 1.82) is 0 Å². The zero-order valence-electron chi connectivity index (χ0n) is 8.90. The van der Waals surface area contributed by atoms with Crippen LogP contribution in [0, 0.1) is 17.0 Å². The number of carbonyl (C=O) groups excluding carboxylic acids is 1. The van der Waals surface area contributed by atoms with Crippen LogP contribution in [0.4, 0.5) is 5.95 Å². The zero-order valence-corrected chi connectivity index (χ0v) is 8.90. The van der Waals surface area contributed by atoms with Crippen molar-refractivity contribution in [3.63, 3.8) is 0 Å². The lowest BCUT2D eigenvalue weighted by Gasteiger charge is -2.02. The van der Waals surface area contributed by atoms with E-state index < -0.39 is 10.9 Å². The van der Waals surface area contributed by atoms with Gasteiger partial charge in [-0.05, 0) is 35.6 Å². The number of aldehydes is 1. The van der Waals surface area contributed by atoms with E-state index in [4.69, 9.17) is 0 Å². The van der Waals surface area contributed by atoms with Crippen LogP contribution in [-0.2, 0) is 0 Å². The molecule has 1 aromatic carbocycles. The normalized spacial score (nSPS) is 10.2. The summed E-state index contributed by atoms with van der Waals surface area (Å²) in [5.41, 5.74) is 1.98. The average Bonchev–Trinajstić information content (AvgIpc) is 2.78. The molecule has 0 spiro atoms. The first-order chi connectivity index (χ1) is 8.11. The number of benzene rings is 1. The van der Waals surface area contributed by atoms with Crippen LogP contribution in [0.1, 0.15) is 15.9 Å². The molecule has 0 fully saturated rings. The molecule has 0 bridgehead atoms. The first-order valence-electron chi connectivity index (χ1n) is 4.74. The van der Waals surface area contributed by atoms with Gasteiger partial charge in [-0.3, -0.25) is 4.79 Å². The molecular weight excluding hydrogens is 224 g/mol. The van der Waals surface area contributed by atoms with Crippen molar-refractivity contribution in [2.24, 2.45) is 0 Å². The molecule has 7 nitrogen and oxygen atoms in total. The fourth-order valence-electron chi connectivity index (χ4n) is 1.46. The van der Waals surface area contributed by atoms with E-state index in [9.17, 15) is 14.9 Å². The van der Waals surface area contributed by atoms with Gasteiger partial charge in [0.05, 0.1) is 5.69 Å². The number of nitro groups is 1. The molecule has 0 N–H and O–H groups in total. The second-order valence-corrected chi connectivity index (χ2v) is 3.41. The number of hydrogen-bond acceptors (Lipinski definition) is 5. The quantitative estimate of drug-likeness (QED) is 0.451. The Labute approximate surface area is 95.9 Å². The second-order valence-electron chi connectivity index (χ2n) is 3.41. The van der Waals surface area contributed by atoms with Gasteiger partial charge >= 0.3 is 5.95 Å². The molecule has 1 aromatic heterocycles. The van der Waals surface area contributed by atoms with Gasteiger partial charge in [-0.15, -0.1) is 4.68 Å². The summed E-state index contributed by atoms with van der Waals surface area (Å²) < 4.78 is 1.31. The van der Waals surface area contributed by atoms with Crippen molar-refractivity contribution in [3.05, 3.63) is 45.8 Å². The summed E-state index contributed by atoms with van der Waals surface area (Å²) in [7, 11) is 0. The molecule has 0 unspecified atom stereocenters. The molecule has 0 saturated carbocycles. The third kappa shape index (κ3) is 2.03. The van der Waals surface area contributed by atoms with Crippen molar-refractivity contribution in [1.82, 2.24) is 14.8 Å². The molecule has 2 rings (SSSR count). The highest BCUT2D eigenvalue weighted by Gasteiger charge is 2.15. The van der Waals surface area contributed by atoms with Gasteiger partial charge < -0.3 is 10.1 Å². The van der Waals surface area contributed by atoms with Gasteiger partial charge in [0.1, 0.15) is 6.29 Å². The highest BCUT2D eigenvalue weighted by molar-refractivity contribution is 5.75. The molecule has 0 saturated heterocycles. The van der Waals surface area contributed by atoms with E-state index in [0.717, 1.165) is 11.8 Å². The first-order valence-corrected chi connectivity index (χ1v) is 4.74. The van der Waals surface area contributed by atoms with Gasteiger partial charge in [0, 0.05) is 10.7 Å². The Morgan fingerprint density at radius 3 is 2.76 bits per heavy atom. The smallest absolute Gasteiger partial charge is 0.390 e. The van der Waals surface area contributed by atoms with Crippen LogP contribution in [0.3, 0.4) is 0 Å². The van der Waals surface area contributed by atoms with Gasteiger partial charge in [-0.1, -0.05) is 4.98 Å². The number of nitrogens with zero attached hydrogens (tertiary/aromatic N) is 4. The lowest BCUT2D eigenvalue weighted by molar-refractivity contribution is -0.394. The van der Waals surface area contributed by atoms with Crippen molar-refractivity contribution in [3.8, 4) is 5.69 Å². The molecule has 0 atom stereocenters. The van der Waals surface area contributed by atoms with Crippen molar-refractivity contribution < 1.29 is 9.72 Å². The van der Waals surface area contributed by atoms with E-state index in [2.05, 4.69) is 10.1 Å². The Bertz CT molecular complexity index is 591. The van der Waals surface area contributed by atoms with Gasteiger partial charge in [-0.25, -0.2) is 0 Å². The highest BCUT2D eigenvalue weighted by Crippen LogP contribution is 2.15. The Morgan fingerprint density at radius 2 is 2.24 bits per heavy atom. The summed E-state index contributed by atoms with van der Waals surface area (Å²) in [4.78, 5) is 23.9. The van der Waals surface area contributed by atoms with Crippen molar-refractivity contribution in [2.75, 3.05) is 0 Å². The maximum atomic E-state index is 10.6. The molecule has 0 aliphatic heterocycles. The topological polar surface area (TPSA) is 90.9 Å². The SMILES string of the molecule is Cc1cc(C=O)ccc1-n1cnc([N+](=O)[O-])n1. The summed E-state index contributed by atoms with van der Waals surface area (Å²) in [6.45, 7) is 1.79. The maximum Gasteiger partial charge on any atom is 0.491 e. The monoisotopic (exact) mass is 232 g/mol. The Kier molecular flexibility index (Phi) is 2.65. The lowest BCUT2D eigenvalue weighted by atomic mass is 10.1. The van der Waals surface area contributed by atoms with Crippen LogP contribution < -0.4 is 0 Å². The molecule has 0 radical (unpaired) electrons. The summed E-state index contributed by atoms with van der Waals surface area (Å²) in [5.74, 6) is -0.455. The van der Waals surface area contributed by atoms with E-state index in [1.807, 2.05) is 0 Å². The highest BCUT2D eigenvalue weighted by atomic mass is 16.6. The predicted molar refractivity (Wildman–Crippen MR) is 58.1 cm³/mol. The van der Waals surface area contributed by atoms with E-state index in [0.29, 0.717) is 11.3 Å². The Hall–Kier alpha value is -2.57. The van der Waals surface area contributed by atoms with Crippen molar-refractivity contribution >= 4 is 12.2 Å². The third-order valence-corrected chi connectivity index (χ3v) is 2.25. The van der Waals surface area contributed by atoms with Crippen LogP contribution in [0.2, 0.25) is 0 Å². The van der Waals surface area contributed by atoms with Gasteiger partial charge in [-0.2, -0.15) is 0 Å². The Morgan fingerprint density at radius 1 is 1.47 bits per heavy atom. The number of rotatable bonds is 3. The van der Waals surface area contributed by atoms with Gasteiger partial charge in [0.2, 0.25) is 6.33 Å². The standard InChI is InChI=1S/C10H8N4O3/c1-7-4-8(5-15)2-3-9(7)13-6-11-10(12-13)14(16)17/h2-6H,1H3. The number of hydrogen-bond donors (Lipinski definition) is 0. The third-order valence-electron chi connectivity index (χ3n) is 2.25. The molecule has 1 heterocycles. The van der Waals surface area contributed by atoms with Crippen molar-refractivity contribution in [2.45, 2.75) is 6.92 Å². The van der Waals surface area contributed by atoms with Gasteiger partial charge in [0.25, 0.3) is 0 Å². The average molecular weight is 232 g/mol. The van der Waals surface area contributed by atoms with E-state index >= 15 is 0 Å². The van der Waals surface area contributed by atoms with Crippen LogP contribution in [0.5, 0.6) is 0 Å². The molecule has 86 valence electrons. The fraction of sp³-hybridized carbons (Fsp3) is 0.100. The lowest BCUT2D eigenvalue weighted by Crippen LogP contribution is -1.99. The van der Waals surface area contributed by atoms with E-state index in [1.54, 1.807) is 25.1 Å². The second kappa shape index (κ2) is 4.12. The molecular formula is C10H8N4O3. The summed E-state index contributed by atoms with van der Waals surface area (Å²) in [6.07, 6.45) is 2.00. The molecule has 0 aliphatic carbocycles. The van der Waals surface area contributed by atoms with E-state index in [-0.39, 0.29) is 0 Å². The number of carbonyl (C=O) groups is 1. The summed E-state index contributed by atoms with van der Waals surface area (Å²) in [6, 6.07) is 4.95. The molecule has 17 heavy (non-hydrogen) atoms. The fourth-order valence-corrected chi connectivity index (χ4v) is 1.46. The molecule has 0 amide bonds. The minimum Gasteiger partial charge on any atom is -0.390 e. The van der Waals surface area contributed by atoms with Crippen LogP contribution >= 0.6 is 0 Å². The predicted octanol–water partition coefficient (Wildman–Crippen LogP) is 1.30.